The van der Waals surface area contributed by atoms with E-state index in [2.05, 4.69) is 17.9 Å². The molecule has 0 aliphatic heterocycles. The maximum atomic E-state index is 13.2. The van der Waals surface area contributed by atoms with E-state index in [-0.39, 0.29) is 11.7 Å². The van der Waals surface area contributed by atoms with Gasteiger partial charge < -0.3 is 0 Å². The Kier molecular flexibility index (Phi) is 5.11. The summed E-state index contributed by atoms with van der Waals surface area (Å²) >= 11 is 0. The summed E-state index contributed by atoms with van der Waals surface area (Å²) in [5.41, 5.74) is 2.09. The molecule has 0 aromatic heterocycles. The van der Waals surface area contributed by atoms with E-state index in [1.54, 1.807) is 12.1 Å². The van der Waals surface area contributed by atoms with Crippen LogP contribution in [0.4, 0.5) is 4.39 Å². The Morgan fingerprint density at radius 1 is 1.47 bits per heavy atom. The van der Waals surface area contributed by atoms with E-state index in [4.69, 9.17) is 5.26 Å². The van der Waals surface area contributed by atoms with Crippen LogP contribution in [0.15, 0.2) is 18.2 Å². The van der Waals surface area contributed by atoms with Crippen molar-refractivity contribution >= 4 is 0 Å². The Morgan fingerprint density at radius 3 is 2.76 bits per heavy atom. The van der Waals surface area contributed by atoms with E-state index in [0.717, 1.165) is 24.2 Å². The Morgan fingerprint density at radius 2 is 2.18 bits per heavy atom. The first kappa shape index (κ1) is 13.7. The van der Waals surface area contributed by atoms with Crippen LogP contribution in [-0.2, 0) is 6.54 Å². The SMILES string of the molecule is CCN(Cc1cc(F)ccc1C)CC(C)C#N. The number of rotatable bonds is 5. The molecule has 1 aromatic carbocycles. The highest BCUT2D eigenvalue weighted by Crippen LogP contribution is 2.13. The van der Waals surface area contributed by atoms with E-state index >= 15 is 0 Å². The quantitative estimate of drug-likeness (QED) is 0.782. The molecule has 2 nitrogen and oxygen atoms in total. The minimum Gasteiger partial charge on any atom is -0.298 e. The highest BCUT2D eigenvalue weighted by molar-refractivity contribution is 5.26. The van der Waals surface area contributed by atoms with Gasteiger partial charge in [-0.3, -0.25) is 4.90 Å². The van der Waals surface area contributed by atoms with Crippen molar-refractivity contribution in [3.63, 3.8) is 0 Å². The number of hydrogen-bond donors (Lipinski definition) is 0. The van der Waals surface area contributed by atoms with Gasteiger partial charge in [0.25, 0.3) is 0 Å². The fourth-order valence-electron chi connectivity index (χ4n) is 1.78. The van der Waals surface area contributed by atoms with Gasteiger partial charge in [-0.2, -0.15) is 5.26 Å². The van der Waals surface area contributed by atoms with Gasteiger partial charge >= 0.3 is 0 Å². The first-order valence-corrected chi connectivity index (χ1v) is 5.93. The molecule has 0 saturated heterocycles. The first-order valence-electron chi connectivity index (χ1n) is 5.93. The van der Waals surface area contributed by atoms with Crippen LogP contribution in [0, 0.1) is 30.0 Å². The smallest absolute Gasteiger partial charge is 0.123 e. The molecular weight excluding hydrogens is 215 g/mol. The fourth-order valence-corrected chi connectivity index (χ4v) is 1.78. The molecule has 1 atom stereocenters. The van der Waals surface area contributed by atoms with Gasteiger partial charge in [-0.25, -0.2) is 4.39 Å². The van der Waals surface area contributed by atoms with E-state index in [9.17, 15) is 4.39 Å². The van der Waals surface area contributed by atoms with Gasteiger partial charge in [0.1, 0.15) is 5.82 Å². The lowest BCUT2D eigenvalue weighted by molar-refractivity contribution is 0.259. The first-order chi connectivity index (χ1) is 8.06. The van der Waals surface area contributed by atoms with Gasteiger partial charge in [0.05, 0.1) is 12.0 Å². The van der Waals surface area contributed by atoms with Crippen molar-refractivity contribution in [1.82, 2.24) is 4.90 Å². The fraction of sp³-hybridized carbons (Fsp3) is 0.500. The highest BCUT2D eigenvalue weighted by atomic mass is 19.1. The summed E-state index contributed by atoms with van der Waals surface area (Å²) in [4.78, 5) is 2.16. The van der Waals surface area contributed by atoms with Gasteiger partial charge in [0, 0.05) is 13.1 Å². The molecule has 0 fully saturated rings. The molecule has 0 N–H and O–H groups in total. The lowest BCUT2D eigenvalue weighted by atomic mass is 10.1. The van der Waals surface area contributed by atoms with E-state index in [1.807, 2.05) is 13.8 Å². The van der Waals surface area contributed by atoms with Gasteiger partial charge in [0.2, 0.25) is 0 Å². The maximum absolute atomic E-state index is 13.2. The highest BCUT2D eigenvalue weighted by Gasteiger charge is 2.10. The zero-order chi connectivity index (χ0) is 12.8. The molecule has 3 heteroatoms. The van der Waals surface area contributed by atoms with E-state index in [1.165, 1.54) is 6.07 Å². The number of halogens is 1. The number of benzene rings is 1. The molecule has 0 aliphatic rings. The Balaban J connectivity index is 2.74. The number of aryl methyl sites for hydroxylation is 1. The Hall–Kier alpha value is -1.40. The van der Waals surface area contributed by atoms with Gasteiger partial charge in [-0.05, 0) is 43.7 Å². The standard InChI is InChI=1S/C14H19FN2/c1-4-17(9-11(2)8-16)10-13-7-14(15)6-5-12(13)3/h5-7,11H,4,9-10H2,1-3H3. The summed E-state index contributed by atoms with van der Waals surface area (Å²) in [7, 11) is 0. The molecule has 92 valence electrons. The van der Waals surface area contributed by atoms with Crippen molar-refractivity contribution in [2.24, 2.45) is 5.92 Å². The van der Waals surface area contributed by atoms with Gasteiger partial charge in [0.15, 0.2) is 0 Å². The molecule has 17 heavy (non-hydrogen) atoms. The summed E-state index contributed by atoms with van der Waals surface area (Å²) in [5, 5.41) is 8.81. The second-order valence-electron chi connectivity index (χ2n) is 4.43. The summed E-state index contributed by atoms with van der Waals surface area (Å²) in [6, 6.07) is 7.08. The van der Waals surface area contributed by atoms with Crippen molar-refractivity contribution in [3.05, 3.63) is 35.1 Å². The van der Waals surface area contributed by atoms with Crippen LogP contribution in [0.25, 0.3) is 0 Å². The number of nitrogens with zero attached hydrogens (tertiary/aromatic N) is 2. The number of nitriles is 1. The molecule has 0 spiro atoms. The number of hydrogen-bond acceptors (Lipinski definition) is 2. The van der Waals surface area contributed by atoms with Crippen LogP contribution in [0.1, 0.15) is 25.0 Å². The van der Waals surface area contributed by atoms with Crippen molar-refractivity contribution in [3.8, 4) is 6.07 Å². The summed E-state index contributed by atoms with van der Waals surface area (Å²) in [6.07, 6.45) is 0. The maximum Gasteiger partial charge on any atom is 0.123 e. The van der Waals surface area contributed by atoms with Crippen LogP contribution in [0.3, 0.4) is 0 Å². The zero-order valence-electron chi connectivity index (χ0n) is 10.7. The molecule has 1 aromatic rings. The normalized spacial score (nSPS) is 12.5. The van der Waals surface area contributed by atoms with Crippen molar-refractivity contribution in [1.29, 1.82) is 5.26 Å². The van der Waals surface area contributed by atoms with Crippen LogP contribution >= 0.6 is 0 Å². The van der Waals surface area contributed by atoms with Crippen LogP contribution in [0.2, 0.25) is 0 Å². The molecule has 0 amide bonds. The Bertz CT molecular complexity index is 409. The molecule has 1 rings (SSSR count). The average molecular weight is 234 g/mol. The second-order valence-corrected chi connectivity index (χ2v) is 4.43. The molecule has 0 radical (unpaired) electrons. The molecule has 1 unspecified atom stereocenters. The van der Waals surface area contributed by atoms with Crippen molar-refractivity contribution in [2.75, 3.05) is 13.1 Å². The van der Waals surface area contributed by atoms with Crippen molar-refractivity contribution in [2.45, 2.75) is 27.3 Å². The second kappa shape index (κ2) is 6.36. The lowest BCUT2D eigenvalue weighted by Gasteiger charge is -2.22. The largest absolute Gasteiger partial charge is 0.298 e. The van der Waals surface area contributed by atoms with Gasteiger partial charge in [-0.15, -0.1) is 0 Å². The molecule has 0 saturated carbocycles. The van der Waals surface area contributed by atoms with E-state index < -0.39 is 0 Å². The summed E-state index contributed by atoms with van der Waals surface area (Å²) in [6.45, 7) is 8.23. The average Bonchev–Trinajstić information content (AvgIpc) is 2.32. The third-order valence-corrected chi connectivity index (χ3v) is 2.90. The van der Waals surface area contributed by atoms with E-state index in [0.29, 0.717) is 6.54 Å². The summed E-state index contributed by atoms with van der Waals surface area (Å²) in [5.74, 6) is -0.196. The third-order valence-electron chi connectivity index (χ3n) is 2.90. The molecule has 0 bridgehead atoms. The molecular formula is C14H19FN2. The van der Waals surface area contributed by atoms with Crippen LogP contribution in [0.5, 0.6) is 0 Å². The third kappa shape index (κ3) is 4.16. The minimum atomic E-state index is -0.199. The van der Waals surface area contributed by atoms with Crippen LogP contribution < -0.4 is 0 Å². The van der Waals surface area contributed by atoms with Crippen LogP contribution in [-0.4, -0.2) is 18.0 Å². The topological polar surface area (TPSA) is 27.0 Å². The predicted octanol–water partition coefficient (Wildman–Crippen LogP) is 3.12. The lowest BCUT2D eigenvalue weighted by Crippen LogP contribution is -2.27. The predicted molar refractivity (Wildman–Crippen MR) is 66.9 cm³/mol. The Labute approximate surface area is 103 Å². The van der Waals surface area contributed by atoms with Crippen molar-refractivity contribution < 1.29 is 4.39 Å². The molecule has 0 aliphatic carbocycles. The summed E-state index contributed by atoms with van der Waals surface area (Å²) < 4.78 is 13.2. The monoisotopic (exact) mass is 234 g/mol. The zero-order valence-corrected chi connectivity index (χ0v) is 10.7. The van der Waals surface area contributed by atoms with Gasteiger partial charge in [-0.1, -0.05) is 13.0 Å². The molecule has 0 heterocycles. The minimum absolute atomic E-state index is 0.00353.